The normalized spacial score (nSPS) is 22.0. The van der Waals surface area contributed by atoms with Crippen molar-refractivity contribution in [3.05, 3.63) is 54.1 Å². The van der Waals surface area contributed by atoms with Crippen molar-refractivity contribution >= 4 is 35.1 Å². The van der Waals surface area contributed by atoms with Gasteiger partial charge in [0.05, 0.1) is 44.6 Å². The maximum absolute atomic E-state index is 12.6. The number of carbonyl (C=O) groups excluding carboxylic acids is 2. The number of amides is 2. The van der Waals surface area contributed by atoms with Gasteiger partial charge in [-0.1, -0.05) is 0 Å². The van der Waals surface area contributed by atoms with Gasteiger partial charge in [-0.25, -0.2) is 4.79 Å². The fourth-order valence-electron chi connectivity index (χ4n) is 5.53. The molecule has 0 saturated carbocycles. The molecule has 12 nitrogen and oxygen atoms in total. The number of aliphatic hydroxyl groups excluding tert-OH is 1. The van der Waals surface area contributed by atoms with Crippen LogP contribution in [0.5, 0.6) is 0 Å². The lowest BCUT2D eigenvalue weighted by atomic mass is 10.1. The van der Waals surface area contributed by atoms with Crippen molar-refractivity contribution in [1.82, 2.24) is 15.0 Å². The topological polar surface area (TPSA) is 142 Å². The molecule has 2 bridgehead atoms. The molecule has 0 radical (unpaired) electrons. The van der Waals surface area contributed by atoms with Crippen LogP contribution in [0.2, 0.25) is 0 Å². The first kappa shape index (κ1) is 27.1. The van der Waals surface area contributed by atoms with Gasteiger partial charge in [0.25, 0.3) is 0 Å². The van der Waals surface area contributed by atoms with Crippen LogP contribution in [0.1, 0.15) is 30.1 Å². The highest BCUT2D eigenvalue weighted by Crippen LogP contribution is 2.34. The maximum Gasteiger partial charge on any atom is 0.323 e. The minimum Gasteiger partial charge on any atom is -0.388 e. The fourth-order valence-corrected chi connectivity index (χ4v) is 5.53. The Bertz CT molecular complexity index is 1390. The van der Waals surface area contributed by atoms with Gasteiger partial charge >= 0.3 is 6.03 Å². The average molecular weight is 560 g/mol. The molecule has 2 aromatic carbocycles. The molecule has 3 aliphatic rings. The second kappa shape index (κ2) is 11.8. The summed E-state index contributed by atoms with van der Waals surface area (Å²) >= 11 is 0. The minimum atomic E-state index is -0.559. The van der Waals surface area contributed by atoms with Gasteiger partial charge in [0.15, 0.2) is 11.6 Å². The lowest BCUT2D eigenvalue weighted by Crippen LogP contribution is -2.48. The van der Waals surface area contributed by atoms with E-state index in [1.807, 2.05) is 12.1 Å². The molecule has 1 aromatic heterocycles. The van der Waals surface area contributed by atoms with Crippen molar-refractivity contribution in [2.75, 3.05) is 60.0 Å². The Morgan fingerprint density at radius 1 is 0.878 bits per heavy atom. The number of anilines is 4. The van der Waals surface area contributed by atoms with E-state index in [1.54, 1.807) is 36.4 Å². The third kappa shape index (κ3) is 5.85. The van der Waals surface area contributed by atoms with E-state index in [4.69, 9.17) is 29.5 Å². The van der Waals surface area contributed by atoms with E-state index in [1.165, 1.54) is 0 Å². The van der Waals surface area contributed by atoms with E-state index >= 15 is 0 Å². The number of benzene rings is 2. The summed E-state index contributed by atoms with van der Waals surface area (Å²) in [6.45, 7) is 4.84. The number of rotatable bonds is 7. The van der Waals surface area contributed by atoms with Gasteiger partial charge in [-0.05, 0) is 68.3 Å². The number of Topliss-reactive ketones (excluding diaryl/α,β-unsaturated/α-hetero) is 1. The van der Waals surface area contributed by atoms with E-state index in [2.05, 4.69) is 27.4 Å². The van der Waals surface area contributed by atoms with Gasteiger partial charge < -0.3 is 35.0 Å². The molecular formula is C29H33N7O5. The van der Waals surface area contributed by atoms with Crippen molar-refractivity contribution in [2.24, 2.45) is 0 Å². The number of aromatic nitrogens is 3. The van der Waals surface area contributed by atoms with Gasteiger partial charge in [0.2, 0.25) is 11.9 Å². The lowest BCUT2D eigenvalue weighted by Gasteiger charge is -2.36. The molecule has 3 fully saturated rings. The van der Waals surface area contributed by atoms with Crippen LogP contribution < -0.4 is 20.4 Å². The van der Waals surface area contributed by atoms with E-state index in [0.717, 1.165) is 18.4 Å². The Labute approximate surface area is 237 Å². The number of nitrogens with one attached hydrogen (secondary N) is 2. The second-order valence-corrected chi connectivity index (χ2v) is 10.5. The second-order valence-electron chi connectivity index (χ2n) is 10.5. The summed E-state index contributed by atoms with van der Waals surface area (Å²) in [5, 5.41) is 14.5. The molecule has 41 heavy (non-hydrogen) atoms. The number of nitrogens with zero attached hydrogens (tertiary/aromatic N) is 5. The highest BCUT2D eigenvalue weighted by Gasteiger charge is 2.39. The zero-order valence-corrected chi connectivity index (χ0v) is 22.8. The van der Waals surface area contributed by atoms with E-state index in [9.17, 15) is 9.59 Å². The van der Waals surface area contributed by atoms with Crippen molar-refractivity contribution in [1.29, 1.82) is 0 Å². The van der Waals surface area contributed by atoms with Crippen LogP contribution in [-0.2, 0) is 9.47 Å². The molecule has 2 amide bonds. The monoisotopic (exact) mass is 559 g/mol. The third-order valence-corrected chi connectivity index (χ3v) is 7.72. The van der Waals surface area contributed by atoms with Crippen LogP contribution in [0.15, 0.2) is 48.5 Å². The van der Waals surface area contributed by atoms with Gasteiger partial charge in [0, 0.05) is 29.0 Å². The molecule has 3 atom stereocenters. The smallest absolute Gasteiger partial charge is 0.323 e. The Balaban J connectivity index is 1.21. The number of hydrogen-bond acceptors (Lipinski definition) is 10. The lowest BCUT2D eigenvalue weighted by molar-refractivity contribution is 0.0895. The van der Waals surface area contributed by atoms with Crippen LogP contribution in [0.4, 0.5) is 28.1 Å². The number of aliphatic hydroxyl groups is 1. The van der Waals surface area contributed by atoms with Gasteiger partial charge in [-0.15, -0.1) is 0 Å². The van der Waals surface area contributed by atoms with E-state index < -0.39 is 12.6 Å². The van der Waals surface area contributed by atoms with Gasteiger partial charge in [-0.2, -0.15) is 15.0 Å². The number of ether oxygens (including phenoxy) is 2. The highest BCUT2D eigenvalue weighted by molar-refractivity contribution is 6.01. The van der Waals surface area contributed by atoms with Crippen molar-refractivity contribution < 1.29 is 24.2 Å². The third-order valence-electron chi connectivity index (χ3n) is 7.72. The first-order chi connectivity index (χ1) is 20.0. The van der Waals surface area contributed by atoms with E-state index in [-0.39, 0.29) is 23.9 Å². The largest absolute Gasteiger partial charge is 0.388 e. The summed E-state index contributed by atoms with van der Waals surface area (Å²) in [4.78, 5) is 43.3. The predicted octanol–water partition coefficient (Wildman–Crippen LogP) is 2.95. The van der Waals surface area contributed by atoms with Crippen LogP contribution in [0, 0.1) is 0 Å². The van der Waals surface area contributed by atoms with Crippen molar-refractivity contribution in [3.63, 3.8) is 0 Å². The Morgan fingerprint density at radius 3 is 2.15 bits per heavy atom. The molecule has 3 aliphatic heterocycles. The molecule has 0 aliphatic carbocycles. The maximum atomic E-state index is 12.6. The summed E-state index contributed by atoms with van der Waals surface area (Å²) in [6, 6.07) is 13.9. The molecule has 3 N–H and O–H groups in total. The fraction of sp³-hybridized carbons (Fsp3) is 0.414. The zero-order chi connectivity index (χ0) is 28.3. The van der Waals surface area contributed by atoms with Crippen molar-refractivity contribution in [3.8, 4) is 11.4 Å². The Kier molecular flexibility index (Phi) is 7.77. The Hall–Kier alpha value is -4.13. The summed E-state index contributed by atoms with van der Waals surface area (Å²) in [5.74, 6) is 1.51. The molecule has 12 heteroatoms. The summed E-state index contributed by atoms with van der Waals surface area (Å²) in [6.07, 6.45) is 2.12. The number of fused-ring (bicyclic) bond motifs is 2. The first-order valence-corrected chi connectivity index (χ1v) is 13.9. The Morgan fingerprint density at radius 2 is 1.51 bits per heavy atom. The van der Waals surface area contributed by atoms with Crippen LogP contribution in [0.3, 0.4) is 0 Å². The van der Waals surface area contributed by atoms with E-state index in [0.29, 0.717) is 67.6 Å². The highest BCUT2D eigenvalue weighted by atomic mass is 16.5. The summed E-state index contributed by atoms with van der Waals surface area (Å²) < 4.78 is 11.4. The summed E-state index contributed by atoms with van der Waals surface area (Å²) in [5.41, 5.74) is 2.31. The molecule has 3 unspecified atom stereocenters. The average Bonchev–Trinajstić information content (AvgIpc) is 3.25. The number of ketones is 1. The number of urea groups is 1. The molecular weight excluding hydrogens is 526 g/mol. The predicted molar refractivity (Wildman–Crippen MR) is 153 cm³/mol. The molecule has 214 valence electrons. The van der Waals surface area contributed by atoms with Crippen molar-refractivity contribution in [2.45, 2.75) is 37.9 Å². The first-order valence-electron chi connectivity index (χ1n) is 13.9. The van der Waals surface area contributed by atoms with Gasteiger partial charge in [0.1, 0.15) is 6.61 Å². The number of carbonyl (C=O) groups is 2. The zero-order valence-electron chi connectivity index (χ0n) is 22.8. The van der Waals surface area contributed by atoms with Crippen LogP contribution >= 0.6 is 0 Å². The number of hydrogen-bond donors (Lipinski definition) is 3. The molecule has 3 saturated heterocycles. The number of morpholine rings is 2. The minimum absolute atomic E-state index is 0.143. The molecule has 3 aromatic rings. The van der Waals surface area contributed by atoms with Crippen LogP contribution in [0.25, 0.3) is 11.4 Å². The summed E-state index contributed by atoms with van der Waals surface area (Å²) in [7, 11) is 0. The quantitative estimate of drug-likeness (QED) is 0.370. The van der Waals surface area contributed by atoms with Gasteiger partial charge in [-0.3, -0.25) is 4.79 Å². The molecule has 0 spiro atoms. The standard InChI is InChI=1S/C29H33N7O5/c1-18-15-40-13-12-35(18)27-32-26(33-28(34-27)36-23-10-11-24(36)17-41-16-23)20-4-8-22(9-5-20)31-29(39)30-21-6-2-19(3-7-21)25(38)14-37/h2-9,18,23-24,37H,10-17H2,1H3,(H2,30,31,39). The molecule has 4 heterocycles. The molecule has 6 rings (SSSR count). The SMILES string of the molecule is CC1COCCN1c1nc(-c2ccc(NC(=O)Nc3ccc(C(=O)CO)cc3)cc2)nc(N2C3CCC2COC3)n1. The van der Waals surface area contributed by atoms with Crippen LogP contribution in [-0.4, -0.2) is 89.6 Å².